The Labute approximate surface area is 302 Å². The number of carbonyl (C=O) groups excluding carboxylic acids is 2. The Morgan fingerprint density at radius 2 is 1.37 bits per heavy atom. The van der Waals surface area contributed by atoms with Gasteiger partial charge >= 0.3 is 5.97 Å². The van der Waals surface area contributed by atoms with E-state index in [-0.39, 0.29) is 11.8 Å². The summed E-state index contributed by atoms with van der Waals surface area (Å²) in [6.45, 7) is 0.488. The number of esters is 1. The summed E-state index contributed by atoms with van der Waals surface area (Å²) in [5, 5.41) is 0. The highest BCUT2D eigenvalue weighted by atomic mass is 16.5. The first-order valence-electron chi connectivity index (χ1n) is 18.0. The minimum absolute atomic E-state index is 0.0546. The van der Waals surface area contributed by atoms with Gasteiger partial charge in [0.1, 0.15) is 17.9 Å². The van der Waals surface area contributed by atoms with Crippen LogP contribution in [0, 0.1) is 5.92 Å². The third-order valence-corrected chi connectivity index (χ3v) is 10.4. The number of ether oxygens (including phenoxy) is 7. The van der Waals surface area contributed by atoms with Gasteiger partial charge < -0.3 is 38.1 Å². The van der Waals surface area contributed by atoms with Crippen molar-refractivity contribution in [2.45, 2.75) is 82.3 Å². The van der Waals surface area contributed by atoms with Crippen molar-refractivity contribution in [3.63, 3.8) is 0 Å². The highest BCUT2D eigenvalue weighted by Gasteiger charge is 2.41. The standard InChI is InChI=1S/C41H53NO9/c1-45-31-16-12-15-29(24-31)33(20-18-27-19-21-34(46-2)35(23-27)47-3)51-41(44)32-17-10-11-22-42(32)40(43)38(28-13-8-7-9-14-28)30-25-36(48-4)39(50-6)37(26-30)49-5/h12,15-16,19,21,23-26,28,32-33,38H,7-11,13-14,17-18,20,22H2,1-6H3/t32-,33+,38?/m0/s1. The quantitative estimate of drug-likeness (QED) is 0.147. The van der Waals surface area contributed by atoms with Gasteiger partial charge in [0, 0.05) is 6.54 Å². The summed E-state index contributed by atoms with van der Waals surface area (Å²) in [7, 11) is 9.57. The second-order valence-electron chi connectivity index (χ2n) is 13.3. The number of hydrogen-bond acceptors (Lipinski definition) is 9. The lowest BCUT2D eigenvalue weighted by atomic mass is 9.75. The van der Waals surface area contributed by atoms with Crippen LogP contribution in [0.3, 0.4) is 0 Å². The first kappa shape index (κ1) is 37.7. The molecule has 2 fully saturated rings. The monoisotopic (exact) mass is 703 g/mol. The van der Waals surface area contributed by atoms with E-state index in [0.717, 1.165) is 61.6 Å². The Morgan fingerprint density at radius 3 is 2.02 bits per heavy atom. The predicted molar refractivity (Wildman–Crippen MR) is 194 cm³/mol. The molecule has 276 valence electrons. The number of aryl methyl sites for hydroxylation is 1. The normalized spacial score (nSPS) is 17.5. The van der Waals surface area contributed by atoms with Crippen molar-refractivity contribution in [3.8, 4) is 34.5 Å². The Bertz CT molecular complexity index is 1590. The van der Waals surface area contributed by atoms with Gasteiger partial charge in [0.05, 0.1) is 48.6 Å². The maximum atomic E-state index is 14.9. The molecule has 5 rings (SSSR count). The molecular formula is C41H53NO9. The van der Waals surface area contributed by atoms with Gasteiger partial charge in [0.25, 0.3) is 0 Å². The van der Waals surface area contributed by atoms with Gasteiger partial charge in [-0.1, -0.05) is 37.5 Å². The molecule has 1 aliphatic heterocycles. The Balaban J connectivity index is 1.44. The zero-order valence-electron chi connectivity index (χ0n) is 30.9. The third kappa shape index (κ3) is 8.83. The van der Waals surface area contributed by atoms with Crippen LogP contribution in [0.2, 0.25) is 0 Å². The van der Waals surface area contributed by atoms with Gasteiger partial charge in [0.2, 0.25) is 11.7 Å². The molecule has 1 amide bonds. The molecule has 0 radical (unpaired) electrons. The molecule has 0 N–H and O–H groups in total. The SMILES string of the molecule is COc1cccc([C@@H](CCc2ccc(OC)c(OC)c2)OC(=O)[C@@H]2CCCCN2C(=O)C(c2cc(OC)c(OC)c(OC)c2)C2CCCCC2)c1. The zero-order chi connectivity index (χ0) is 36.3. The lowest BCUT2D eigenvalue weighted by molar-refractivity contribution is -0.163. The topological polar surface area (TPSA) is 102 Å². The summed E-state index contributed by atoms with van der Waals surface area (Å²) < 4.78 is 39.9. The molecule has 1 aliphatic carbocycles. The van der Waals surface area contributed by atoms with Crippen LogP contribution in [-0.4, -0.2) is 72.0 Å². The minimum Gasteiger partial charge on any atom is -0.497 e. The second-order valence-corrected chi connectivity index (χ2v) is 13.3. The molecule has 1 saturated carbocycles. The summed E-state index contributed by atoms with van der Waals surface area (Å²) in [5.41, 5.74) is 2.66. The van der Waals surface area contributed by atoms with Crippen LogP contribution in [0.15, 0.2) is 54.6 Å². The summed E-state index contributed by atoms with van der Waals surface area (Å²) in [6, 6.07) is 16.5. The molecule has 3 atom stereocenters. The van der Waals surface area contributed by atoms with Crippen LogP contribution in [0.5, 0.6) is 34.5 Å². The molecule has 3 aromatic carbocycles. The fourth-order valence-corrected chi connectivity index (χ4v) is 7.67. The van der Waals surface area contributed by atoms with E-state index in [9.17, 15) is 9.59 Å². The van der Waals surface area contributed by atoms with Gasteiger partial charge in [-0.25, -0.2) is 4.79 Å². The summed E-state index contributed by atoms with van der Waals surface area (Å²) >= 11 is 0. The van der Waals surface area contributed by atoms with Crippen LogP contribution in [0.4, 0.5) is 0 Å². The first-order valence-corrected chi connectivity index (χ1v) is 18.0. The molecule has 51 heavy (non-hydrogen) atoms. The fraction of sp³-hybridized carbons (Fsp3) is 0.512. The van der Waals surface area contributed by atoms with E-state index >= 15 is 0 Å². The van der Waals surface area contributed by atoms with Crippen LogP contribution >= 0.6 is 0 Å². The van der Waals surface area contributed by atoms with Gasteiger partial charge in [0.15, 0.2) is 23.0 Å². The second kappa shape index (κ2) is 18.1. The Morgan fingerprint density at radius 1 is 0.686 bits per heavy atom. The highest BCUT2D eigenvalue weighted by Crippen LogP contribution is 2.45. The lowest BCUT2D eigenvalue weighted by Gasteiger charge is -2.40. The summed E-state index contributed by atoms with van der Waals surface area (Å²) in [5.74, 6) is 2.67. The minimum atomic E-state index is -0.700. The molecule has 10 heteroatoms. The van der Waals surface area contributed by atoms with Crippen molar-refractivity contribution < 1.29 is 42.7 Å². The van der Waals surface area contributed by atoms with Crippen molar-refractivity contribution >= 4 is 11.9 Å². The average Bonchev–Trinajstić information content (AvgIpc) is 3.19. The van der Waals surface area contributed by atoms with Crippen molar-refractivity contribution in [1.29, 1.82) is 0 Å². The van der Waals surface area contributed by atoms with Gasteiger partial charge in [-0.3, -0.25) is 4.79 Å². The number of carbonyl (C=O) groups is 2. The summed E-state index contributed by atoms with van der Waals surface area (Å²) in [6.07, 6.45) is 7.91. The first-order chi connectivity index (χ1) is 24.8. The maximum Gasteiger partial charge on any atom is 0.329 e. The molecule has 1 heterocycles. The average molecular weight is 704 g/mol. The lowest BCUT2D eigenvalue weighted by Crippen LogP contribution is -2.51. The molecule has 0 spiro atoms. The number of benzene rings is 3. The van der Waals surface area contributed by atoms with Crippen molar-refractivity contribution in [1.82, 2.24) is 4.90 Å². The molecule has 0 bridgehead atoms. The van der Waals surface area contributed by atoms with E-state index < -0.39 is 24.0 Å². The number of piperidine rings is 1. The zero-order valence-corrected chi connectivity index (χ0v) is 30.9. The number of methoxy groups -OCH3 is 6. The van der Waals surface area contributed by atoms with Crippen molar-refractivity contribution in [2.75, 3.05) is 49.2 Å². The van der Waals surface area contributed by atoms with E-state index in [4.69, 9.17) is 33.2 Å². The van der Waals surface area contributed by atoms with E-state index in [1.807, 2.05) is 54.6 Å². The number of rotatable bonds is 15. The fourth-order valence-electron chi connectivity index (χ4n) is 7.67. The number of nitrogens with zero attached hydrogens (tertiary/aromatic N) is 1. The van der Waals surface area contributed by atoms with Crippen LogP contribution in [0.25, 0.3) is 0 Å². The number of hydrogen-bond donors (Lipinski definition) is 0. The van der Waals surface area contributed by atoms with Gasteiger partial charge in [-0.15, -0.1) is 0 Å². The van der Waals surface area contributed by atoms with Crippen molar-refractivity contribution in [2.24, 2.45) is 5.92 Å². The Kier molecular flexibility index (Phi) is 13.3. The molecule has 2 aliphatic rings. The smallest absolute Gasteiger partial charge is 0.329 e. The number of amides is 1. The molecule has 1 unspecified atom stereocenters. The molecule has 3 aromatic rings. The van der Waals surface area contributed by atoms with E-state index in [2.05, 4.69) is 0 Å². The van der Waals surface area contributed by atoms with E-state index in [0.29, 0.717) is 60.3 Å². The predicted octanol–water partition coefficient (Wildman–Crippen LogP) is 7.70. The third-order valence-electron chi connectivity index (χ3n) is 10.4. The van der Waals surface area contributed by atoms with E-state index in [1.165, 1.54) is 0 Å². The van der Waals surface area contributed by atoms with Crippen LogP contribution < -0.4 is 28.4 Å². The van der Waals surface area contributed by atoms with E-state index in [1.54, 1.807) is 47.6 Å². The van der Waals surface area contributed by atoms with Crippen LogP contribution in [-0.2, 0) is 20.7 Å². The van der Waals surface area contributed by atoms with Gasteiger partial charge in [-0.2, -0.15) is 0 Å². The molecular weight excluding hydrogens is 650 g/mol. The molecule has 10 nitrogen and oxygen atoms in total. The highest BCUT2D eigenvalue weighted by molar-refractivity contribution is 5.89. The maximum absolute atomic E-state index is 14.9. The van der Waals surface area contributed by atoms with Crippen LogP contribution in [0.1, 0.15) is 86.5 Å². The summed E-state index contributed by atoms with van der Waals surface area (Å²) in [4.78, 5) is 31.0. The number of likely N-dealkylation sites (tertiary alicyclic amines) is 1. The largest absolute Gasteiger partial charge is 0.497 e. The Hall–Kier alpha value is -4.60. The van der Waals surface area contributed by atoms with Crippen molar-refractivity contribution in [3.05, 3.63) is 71.3 Å². The molecule has 1 saturated heterocycles. The molecule has 0 aromatic heterocycles. The van der Waals surface area contributed by atoms with Gasteiger partial charge in [-0.05, 0) is 104 Å².